The molecule has 3 fully saturated rings. The molecule has 1 aromatic carbocycles. The number of ether oxygens (including phenoxy) is 1. The molecule has 0 unspecified atom stereocenters. The molecule has 2 amide bonds. The van der Waals surface area contributed by atoms with E-state index in [1.54, 1.807) is 18.6 Å². The van der Waals surface area contributed by atoms with Gasteiger partial charge in [-0.2, -0.15) is 0 Å². The third-order valence-electron chi connectivity index (χ3n) is 12.3. The number of aromatic nitrogens is 4. The van der Waals surface area contributed by atoms with E-state index in [1.807, 2.05) is 43.2 Å². The van der Waals surface area contributed by atoms with Gasteiger partial charge in [-0.15, -0.1) is 0 Å². The second kappa shape index (κ2) is 12.9. The first-order chi connectivity index (χ1) is 26.2. The van der Waals surface area contributed by atoms with Gasteiger partial charge >= 0.3 is 0 Å². The van der Waals surface area contributed by atoms with Crippen LogP contribution in [0.5, 0.6) is 0 Å². The van der Waals surface area contributed by atoms with Gasteiger partial charge in [-0.3, -0.25) is 19.5 Å². The number of rotatable bonds is 9. The Labute approximate surface area is 323 Å². The van der Waals surface area contributed by atoms with Crippen molar-refractivity contribution in [2.24, 2.45) is 0 Å². The summed E-state index contributed by atoms with van der Waals surface area (Å²) in [5.74, 6) is -3.36. The number of amides is 2. The molecule has 4 aromatic rings. The molecule has 3 aromatic heterocycles. The molecule has 5 heterocycles. The molecule has 2 N–H and O–H groups in total. The van der Waals surface area contributed by atoms with Gasteiger partial charge in [0.1, 0.15) is 11.1 Å². The quantitative estimate of drug-likeness (QED) is 0.167. The van der Waals surface area contributed by atoms with E-state index in [-0.39, 0.29) is 58.9 Å². The van der Waals surface area contributed by atoms with Crippen LogP contribution in [-0.4, -0.2) is 85.1 Å². The molecule has 4 aliphatic rings. The Morgan fingerprint density at radius 1 is 1.02 bits per heavy atom. The summed E-state index contributed by atoms with van der Waals surface area (Å²) in [4.78, 5) is 46.0. The number of imidazole rings is 1. The van der Waals surface area contributed by atoms with Crippen LogP contribution in [0.25, 0.3) is 22.3 Å². The van der Waals surface area contributed by atoms with Gasteiger partial charge < -0.3 is 24.8 Å². The Balaban J connectivity index is 1.16. The number of benzene rings is 1. The highest BCUT2D eigenvalue weighted by atomic mass is 19.3. The Morgan fingerprint density at radius 2 is 1.73 bits per heavy atom. The molecule has 0 spiro atoms. The van der Waals surface area contributed by atoms with Crippen molar-refractivity contribution in [1.82, 2.24) is 29.7 Å². The maximum absolute atomic E-state index is 15.7. The summed E-state index contributed by atoms with van der Waals surface area (Å²) in [6, 6.07) is 4.67. The number of halogens is 4. The number of morpholine rings is 1. The van der Waals surface area contributed by atoms with Crippen LogP contribution in [0, 0.1) is 18.6 Å². The van der Waals surface area contributed by atoms with Crippen molar-refractivity contribution in [1.29, 1.82) is 0 Å². The third-order valence-corrected chi connectivity index (χ3v) is 12.3. The molecule has 0 atom stereocenters. The number of nitrogens with one attached hydrogen (secondary N) is 2. The monoisotopic (exact) mass is 776 g/mol. The van der Waals surface area contributed by atoms with Crippen LogP contribution in [0.2, 0.25) is 0 Å². The van der Waals surface area contributed by atoms with E-state index in [0.29, 0.717) is 40.3 Å². The lowest BCUT2D eigenvalue weighted by atomic mass is 9.71. The Kier molecular flexibility index (Phi) is 8.85. The van der Waals surface area contributed by atoms with Crippen molar-refractivity contribution in [3.8, 4) is 11.3 Å². The highest BCUT2D eigenvalue weighted by Crippen LogP contribution is 2.50. The Bertz CT molecular complexity index is 2280. The van der Waals surface area contributed by atoms with Crippen molar-refractivity contribution in [3.63, 3.8) is 0 Å². The zero-order valence-electron chi connectivity index (χ0n) is 33.0. The summed E-state index contributed by atoms with van der Waals surface area (Å²) in [6.07, 6.45) is 2.25. The molecule has 1 saturated heterocycles. The first-order valence-electron chi connectivity index (χ1n) is 19.2. The van der Waals surface area contributed by atoms with Crippen LogP contribution < -0.4 is 15.5 Å². The summed E-state index contributed by atoms with van der Waals surface area (Å²) in [5.41, 5.74) is -0.478. The second-order valence-corrected chi connectivity index (χ2v) is 17.7. The molecule has 15 heteroatoms. The molecule has 8 rings (SSSR count). The summed E-state index contributed by atoms with van der Waals surface area (Å²) >= 11 is 0. The summed E-state index contributed by atoms with van der Waals surface area (Å²) < 4.78 is 66.3. The van der Waals surface area contributed by atoms with E-state index in [2.05, 4.69) is 41.3 Å². The van der Waals surface area contributed by atoms with E-state index in [1.165, 1.54) is 6.92 Å². The second-order valence-electron chi connectivity index (χ2n) is 17.7. The van der Waals surface area contributed by atoms with Gasteiger partial charge in [0.25, 0.3) is 12.3 Å². The predicted molar refractivity (Wildman–Crippen MR) is 204 cm³/mol. The maximum Gasteiger partial charge on any atom is 0.261 e. The molecular formula is C41H48F4N8O3. The number of carbonyl (C=O) groups excluding carboxylic acids is 2. The van der Waals surface area contributed by atoms with Crippen molar-refractivity contribution < 1.29 is 31.9 Å². The summed E-state index contributed by atoms with van der Waals surface area (Å²) in [6.45, 7) is 17.6. The van der Waals surface area contributed by atoms with Crippen LogP contribution in [0.15, 0.2) is 30.7 Å². The molecule has 2 aliphatic heterocycles. The van der Waals surface area contributed by atoms with Gasteiger partial charge in [0.2, 0.25) is 5.91 Å². The van der Waals surface area contributed by atoms with Crippen molar-refractivity contribution in [2.75, 3.05) is 29.9 Å². The average Bonchev–Trinajstić information content (AvgIpc) is 3.73. The number of hydrogen-bond donors (Lipinski definition) is 2. The standard InChI is InChI=1S/C41H48F4N8O3/c1-21(2)52-20-47-28-15-26(48-34(32(28)52)49-27-14-25(22(3)30(42)31(27)43)35(54)50-41(9-10-41)36(44)45)23-13-29-33(46-18-23)39(6,7)37(55)53(29)24-16-40(8,17-24)51-11-12-56-38(4,5)19-51/h13-15,18,20-21,24,36H,9-12,16-17,19H2,1-8H3,(H,48,49)(H,50,54). The van der Waals surface area contributed by atoms with Gasteiger partial charge in [-0.25, -0.2) is 27.5 Å². The molecule has 0 radical (unpaired) electrons. The number of fused-ring (bicyclic) bond motifs is 2. The van der Waals surface area contributed by atoms with Crippen LogP contribution in [-0.2, 0) is 14.9 Å². The Morgan fingerprint density at radius 3 is 2.38 bits per heavy atom. The maximum atomic E-state index is 15.7. The average molecular weight is 777 g/mol. The van der Waals surface area contributed by atoms with Crippen LogP contribution in [0.4, 0.5) is 34.8 Å². The summed E-state index contributed by atoms with van der Waals surface area (Å²) in [5, 5.41) is 5.26. The minimum Gasteiger partial charge on any atom is -0.373 e. The molecule has 0 bridgehead atoms. The van der Waals surface area contributed by atoms with Gasteiger partial charge in [-0.1, -0.05) is 0 Å². The van der Waals surface area contributed by atoms with E-state index < -0.39 is 40.6 Å². The molecule has 56 heavy (non-hydrogen) atoms. The number of pyridine rings is 2. The zero-order chi connectivity index (χ0) is 40.3. The predicted octanol–water partition coefficient (Wildman–Crippen LogP) is 7.59. The molecular weight excluding hydrogens is 728 g/mol. The first-order valence-corrected chi connectivity index (χ1v) is 19.2. The highest BCUT2D eigenvalue weighted by molar-refractivity contribution is 6.08. The van der Waals surface area contributed by atoms with Gasteiger partial charge in [0, 0.05) is 53.6 Å². The molecule has 2 aliphatic carbocycles. The third kappa shape index (κ3) is 6.12. The van der Waals surface area contributed by atoms with E-state index in [4.69, 9.17) is 14.7 Å². The molecule has 2 saturated carbocycles. The number of alkyl halides is 2. The van der Waals surface area contributed by atoms with E-state index in [9.17, 15) is 18.4 Å². The van der Waals surface area contributed by atoms with Crippen LogP contribution in [0.1, 0.15) is 102 Å². The minimum atomic E-state index is -2.80. The lowest BCUT2D eigenvalue weighted by Gasteiger charge is -2.57. The molecule has 11 nitrogen and oxygen atoms in total. The van der Waals surface area contributed by atoms with E-state index in [0.717, 1.165) is 32.0 Å². The number of nitrogens with zero attached hydrogens (tertiary/aromatic N) is 6. The number of hydrogen-bond acceptors (Lipinski definition) is 8. The van der Waals surface area contributed by atoms with Gasteiger partial charge in [-0.05, 0) is 99.3 Å². The van der Waals surface area contributed by atoms with Crippen molar-refractivity contribution >= 4 is 40.0 Å². The van der Waals surface area contributed by atoms with Gasteiger partial charge in [0.15, 0.2) is 17.5 Å². The highest BCUT2D eigenvalue weighted by Gasteiger charge is 2.56. The van der Waals surface area contributed by atoms with Crippen LogP contribution in [0.3, 0.4) is 0 Å². The fourth-order valence-electron chi connectivity index (χ4n) is 8.69. The van der Waals surface area contributed by atoms with E-state index >= 15 is 8.78 Å². The Hall–Kier alpha value is -4.63. The van der Waals surface area contributed by atoms with Crippen molar-refractivity contribution in [3.05, 3.63) is 59.2 Å². The SMILES string of the molecule is Cc1c(C(=O)NC2(C(F)F)CC2)cc(Nc2nc(-c3cnc4c(c3)N(C3CC(C)(N5CCOC(C)(C)C5)C3)C(=O)C4(C)C)cc3ncn(C(C)C)c23)c(F)c1F. The minimum absolute atomic E-state index is 0.0224. The molecule has 298 valence electrons. The largest absolute Gasteiger partial charge is 0.373 e. The lowest BCUT2D eigenvalue weighted by Crippen LogP contribution is -2.67. The van der Waals surface area contributed by atoms with Crippen molar-refractivity contribution in [2.45, 2.75) is 122 Å². The summed E-state index contributed by atoms with van der Waals surface area (Å²) in [7, 11) is 0. The number of carbonyl (C=O) groups is 2. The number of anilines is 3. The zero-order valence-corrected chi connectivity index (χ0v) is 33.0. The van der Waals surface area contributed by atoms with Crippen LogP contribution >= 0.6 is 0 Å². The smallest absolute Gasteiger partial charge is 0.261 e. The normalized spacial score (nSPS) is 23.8. The lowest BCUT2D eigenvalue weighted by molar-refractivity contribution is -0.135. The first kappa shape index (κ1) is 38.3. The fraction of sp³-hybridized carbons (Fsp3) is 0.537. The topological polar surface area (TPSA) is 118 Å². The van der Waals surface area contributed by atoms with Gasteiger partial charge in [0.05, 0.1) is 52.2 Å². The fourth-order valence-corrected chi connectivity index (χ4v) is 8.69.